The number of carbonyl (C=O) groups excluding carboxylic acids is 1. The molecule has 0 aromatic carbocycles. The number of ether oxygens (including phenoxy) is 2. The van der Waals surface area contributed by atoms with Crippen LogP contribution < -0.4 is 5.32 Å². The Morgan fingerprint density at radius 2 is 1.84 bits per heavy atom. The van der Waals surface area contributed by atoms with Crippen molar-refractivity contribution >= 4 is 21.8 Å². The number of hydrogen-bond donors (Lipinski definition) is 1. The predicted octanol–water partition coefficient (Wildman–Crippen LogP) is 4.02. The molecule has 1 N–H and O–H groups in total. The minimum absolute atomic E-state index is 0.239. The number of carbonyl (C=O) groups is 1. The molecule has 4 nitrogen and oxygen atoms in total. The van der Waals surface area contributed by atoms with Crippen molar-refractivity contribution < 1.29 is 14.3 Å². The quantitative estimate of drug-likeness (QED) is 0.668. The summed E-state index contributed by atoms with van der Waals surface area (Å²) >= 11 is 4.04. The average Bonchev–Trinajstić information content (AvgIpc) is 2.88. The molecule has 5 aliphatic rings. The first-order chi connectivity index (χ1) is 11.8. The molecule has 0 aromatic heterocycles. The van der Waals surface area contributed by atoms with Crippen LogP contribution in [0.15, 0.2) is 0 Å². The smallest absolute Gasteiger partial charge is 0.220 e. The lowest BCUT2D eigenvalue weighted by Crippen LogP contribution is -2.54. The van der Waals surface area contributed by atoms with E-state index in [-0.39, 0.29) is 11.3 Å². The average molecular weight is 414 g/mol. The van der Waals surface area contributed by atoms with Gasteiger partial charge in [0.1, 0.15) is 0 Å². The molecule has 0 spiro atoms. The molecule has 1 saturated heterocycles. The maximum Gasteiger partial charge on any atom is 0.220 e. The van der Waals surface area contributed by atoms with Crippen molar-refractivity contribution in [2.45, 2.75) is 75.3 Å². The first kappa shape index (κ1) is 18.2. The Kier molecular flexibility index (Phi) is 4.73. The Morgan fingerprint density at radius 3 is 2.44 bits per heavy atom. The molecule has 25 heavy (non-hydrogen) atoms. The van der Waals surface area contributed by atoms with Crippen LogP contribution in [0, 0.1) is 23.2 Å². The van der Waals surface area contributed by atoms with E-state index < -0.39 is 5.79 Å². The SMILES string of the molecule is CC(CNC(=O)CC12CC3CC(CC(Br)(C3)C1)C2)CC1(C)OCCO1. The minimum atomic E-state index is -0.466. The molecule has 4 saturated carbocycles. The lowest BCUT2D eigenvalue weighted by molar-refractivity contribution is -0.154. The highest BCUT2D eigenvalue weighted by molar-refractivity contribution is 9.10. The zero-order valence-electron chi connectivity index (χ0n) is 15.6. The summed E-state index contributed by atoms with van der Waals surface area (Å²) in [5.41, 5.74) is 0.255. The highest BCUT2D eigenvalue weighted by atomic mass is 79.9. The molecule has 3 unspecified atom stereocenters. The number of nitrogens with one attached hydrogen (secondary N) is 1. The van der Waals surface area contributed by atoms with E-state index in [0.29, 0.717) is 36.4 Å². The van der Waals surface area contributed by atoms with Gasteiger partial charge in [0.2, 0.25) is 5.91 Å². The maximum absolute atomic E-state index is 12.7. The monoisotopic (exact) mass is 413 g/mol. The Morgan fingerprint density at radius 1 is 1.20 bits per heavy atom. The van der Waals surface area contributed by atoms with Crippen LogP contribution in [0.1, 0.15) is 65.2 Å². The molecule has 5 rings (SSSR count). The summed E-state index contributed by atoms with van der Waals surface area (Å²) < 4.78 is 11.7. The Hall–Kier alpha value is -0.130. The van der Waals surface area contributed by atoms with Crippen molar-refractivity contribution in [3.63, 3.8) is 0 Å². The topological polar surface area (TPSA) is 47.6 Å². The first-order valence-corrected chi connectivity index (χ1v) is 10.8. The summed E-state index contributed by atoms with van der Waals surface area (Å²) in [6.45, 7) is 6.23. The summed E-state index contributed by atoms with van der Waals surface area (Å²) in [5.74, 6) is 1.80. The van der Waals surface area contributed by atoms with Gasteiger partial charge >= 0.3 is 0 Å². The molecule has 1 amide bonds. The lowest BCUT2D eigenvalue weighted by atomic mass is 9.48. The summed E-state index contributed by atoms with van der Waals surface area (Å²) in [7, 11) is 0. The Labute approximate surface area is 159 Å². The van der Waals surface area contributed by atoms with Crippen LogP contribution in [0.4, 0.5) is 0 Å². The molecule has 0 aromatic rings. The summed E-state index contributed by atoms with van der Waals surface area (Å²) in [4.78, 5) is 12.7. The van der Waals surface area contributed by atoms with Crippen molar-refractivity contribution in [3.05, 3.63) is 0 Å². The third kappa shape index (κ3) is 3.93. The van der Waals surface area contributed by atoms with E-state index in [4.69, 9.17) is 9.47 Å². The van der Waals surface area contributed by atoms with E-state index in [0.717, 1.165) is 18.3 Å². The van der Waals surface area contributed by atoms with Crippen LogP contribution in [-0.4, -0.2) is 35.8 Å². The van der Waals surface area contributed by atoms with Gasteiger partial charge in [-0.05, 0) is 68.6 Å². The van der Waals surface area contributed by atoms with Gasteiger partial charge in [-0.1, -0.05) is 22.9 Å². The standard InChI is InChI=1S/C20H32BrNO3/c1-14(6-18(2)24-3-4-25-18)12-22-17(23)11-19-7-15-5-16(8-19)10-20(21,9-15)13-19/h14-16H,3-13H2,1-2H3,(H,22,23). The number of rotatable bonds is 6. The van der Waals surface area contributed by atoms with Gasteiger partial charge in [-0.15, -0.1) is 0 Å². The number of halogens is 1. The minimum Gasteiger partial charge on any atom is -0.356 e. The van der Waals surface area contributed by atoms with Gasteiger partial charge in [0, 0.05) is 23.7 Å². The zero-order valence-corrected chi connectivity index (χ0v) is 17.2. The molecule has 0 radical (unpaired) electrons. The van der Waals surface area contributed by atoms with Gasteiger partial charge in [0.05, 0.1) is 13.2 Å². The van der Waals surface area contributed by atoms with Crippen LogP contribution in [0.5, 0.6) is 0 Å². The molecule has 5 fully saturated rings. The van der Waals surface area contributed by atoms with Crippen molar-refractivity contribution in [2.75, 3.05) is 19.8 Å². The fourth-order valence-electron chi connectivity index (χ4n) is 6.61. The Balaban J connectivity index is 1.28. The van der Waals surface area contributed by atoms with Gasteiger partial charge in [-0.2, -0.15) is 0 Å². The van der Waals surface area contributed by atoms with E-state index in [2.05, 4.69) is 28.2 Å². The fourth-order valence-corrected chi connectivity index (χ4v) is 8.12. The largest absolute Gasteiger partial charge is 0.356 e. The number of hydrogen-bond acceptors (Lipinski definition) is 3. The summed E-state index contributed by atoms with van der Waals surface area (Å²) in [5, 5.41) is 3.20. The zero-order chi connectivity index (χ0) is 17.7. The van der Waals surface area contributed by atoms with Crippen molar-refractivity contribution in [1.29, 1.82) is 0 Å². The van der Waals surface area contributed by atoms with Crippen molar-refractivity contribution in [3.8, 4) is 0 Å². The summed E-state index contributed by atoms with van der Waals surface area (Å²) in [6.07, 6.45) is 9.30. The van der Waals surface area contributed by atoms with E-state index >= 15 is 0 Å². The Bertz CT molecular complexity index is 517. The van der Waals surface area contributed by atoms with Crippen LogP contribution in [-0.2, 0) is 14.3 Å². The van der Waals surface area contributed by atoms with Crippen molar-refractivity contribution in [2.24, 2.45) is 23.2 Å². The molecule has 1 heterocycles. The van der Waals surface area contributed by atoms with Crippen LogP contribution in [0.25, 0.3) is 0 Å². The molecule has 142 valence electrons. The van der Waals surface area contributed by atoms with E-state index in [1.54, 1.807) is 0 Å². The number of amides is 1. The summed E-state index contributed by atoms with van der Waals surface area (Å²) in [6, 6.07) is 0. The second-order valence-electron chi connectivity index (χ2n) is 9.73. The van der Waals surface area contributed by atoms with E-state index in [1.165, 1.54) is 38.5 Å². The molecule has 4 bridgehead atoms. The van der Waals surface area contributed by atoms with Gasteiger partial charge in [0.15, 0.2) is 5.79 Å². The first-order valence-electron chi connectivity index (χ1n) is 10.0. The van der Waals surface area contributed by atoms with Gasteiger partial charge in [0.25, 0.3) is 0 Å². The predicted molar refractivity (Wildman–Crippen MR) is 100 cm³/mol. The van der Waals surface area contributed by atoms with E-state index in [9.17, 15) is 4.79 Å². The third-order valence-electron chi connectivity index (χ3n) is 6.91. The van der Waals surface area contributed by atoms with Crippen LogP contribution in [0.3, 0.4) is 0 Å². The van der Waals surface area contributed by atoms with Gasteiger partial charge < -0.3 is 14.8 Å². The molecule has 1 aliphatic heterocycles. The van der Waals surface area contributed by atoms with Gasteiger partial charge in [-0.3, -0.25) is 4.79 Å². The van der Waals surface area contributed by atoms with Crippen LogP contribution >= 0.6 is 15.9 Å². The maximum atomic E-state index is 12.7. The second kappa shape index (κ2) is 6.49. The number of alkyl halides is 1. The van der Waals surface area contributed by atoms with Crippen LogP contribution in [0.2, 0.25) is 0 Å². The normalized spacial score (nSPS) is 42.5. The molecule has 3 atom stereocenters. The fraction of sp³-hybridized carbons (Fsp3) is 0.950. The van der Waals surface area contributed by atoms with E-state index in [1.807, 2.05) is 6.92 Å². The molecule has 4 aliphatic carbocycles. The lowest BCUT2D eigenvalue weighted by Gasteiger charge is -2.60. The molecule has 5 heteroatoms. The second-order valence-corrected chi connectivity index (χ2v) is 11.4. The highest BCUT2D eigenvalue weighted by Crippen LogP contribution is 2.65. The highest BCUT2D eigenvalue weighted by Gasteiger charge is 2.57. The molecular formula is C20H32BrNO3. The molecular weight excluding hydrogens is 382 g/mol. The van der Waals surface area contributed by atoms with Crippen molar-refractivity contribution in [1.82, 2.24) is 5.32 Å². The van der Waals surface area contributed by atoms with Gasteiger partial charge in [-0.25, -0.2) is 0 Å². The third-order valence-corrected chi connectivity index (χ3v) is 7.84.